The molecule has 0 saturated carbocycles. The molecule has 2 aromatic heterocycles. The Hall–Kier alpha value is -2.48. The molecule has 8 heteroatoms. The Kier molecular flexibility index (Phi) is 4.24. The van der Waals surface area contributed by atoms with Crippen molar-refractivity contribution in [1.82, 2.24) is 14.6 Å². The van der Waals surface area contributed by atoms with Gasteiger partial charge in [0.15, 0.2) is 5.65 Å². The van der Waals surface area contributed by atoms with E-state index in [2.05, 4.69) is 15.4 Å². The number of halogens is 2. The Morgan fingerprint density at radius 2 is 2.09 bits per heavy atom. The summed E-state index contributed by atoms with van der Waals surface area (Å²) >= 11 is 0.386. The molecule has 0 aliphatic carbocycles. The molecule has 0 aliphatic heterocycles. The Labute approximate surface area is 134 Å². The molecule has 0 fully saturated rings. The molecule has 3 rings (SSSR count). The number of rotatable bonds is 4. The zero-order valence-electron chi connectivity index (χ0n) is 12.0. The van der Waals surface area contributed by atoms with E-state index in [1.165, 1.54) is 16.8 Å². The van der Waals surface area contributed by atoms with Crippen molar-refractivity contribution in [3.63, 3.8) is 0 Å². The molecule has 2 heterocycles. The molecule has 1 aromatic carbocycles. The summed E-state index contributed by atoms with van der Waals surface area (Å²) in [5, 5.41) is 6.70. The summed E-state index contributed by atoms with van der Waals surface area (Å²) in [5.41, 5.74) is 1.78. The number of hydrogen-bond acceptors (Lipinski definition) is 4. The van der Waals surface area contributed by atoms with Crippen LogP contribution in [0.15, 0.2) is 47.6 Å². The number of anilines is 1. The monoisotopic (exact) mass is 334 g/mol. The molecule has 0 bridgehead atoms. The number of amides is 1. The van der Waals surface area contributed by atoms with Crippen LogP contribution in [0.3, 0.4) is 0 Å². The molecule has 118 valence electrons. The summed E-state index contributed by atoms with van der Waals surface area (Å²) in [6.45, 7) is 1.81. The summed E-state index contributed by atoms with van der Waals surface area (Å²) in [6.07, 6.45) is 3.11. The quantitative estimate of drug-likeness (QED) is 0.741. The number of hydrogen-bond donors (Lipinski definition) is 1. The minimum Gasteiger partial charge on any atom is -0.321 e. The number of para-hydroxylation sites is 1. The van der Waals surface area contributed by atoms with Gasteiger partial charge in [-0.3, -0.25) is 4.79 Å². The average Bonchev–Trinajstić information content (AvgIpc) is 2.91. The number of aromatic nitrogens is 3. The first-order valence-corrected chi connectivity index (χ1v) is 7.59. The Balaban J connectivity index is 1.91. The molecule has 1 N–H and O–H groups in total. The molecule has 0 spiro atoms. The van der Waals surface area contributed by atoms with Gasteiger partial charge in [0.1, 0.15) is 5.56 Å². The number of fused-ring (bicyclic) bond motifs is 1. The van der Waals surface area contributed by atoms with Gasteiger partial charge in [-0.25, -0.2) is 9.50 Å². The SMILES string of the molecule is Cc1ccn2ncc(C(=O)Nc3ccccc3SC(F)F)c2n1. The van der Waals surface area contributed by atoms with E-state index in [-0.39, 0.29) is 5.56 Å². The lowest BCUT2D eigenvalue weighted by Crippen LogP contribution is -2.13. The highest BCUT2D eigenvalue weighted by Crippen LogP contribution is 2.31. The van der Waals surface area contributed by atoms with E-state index in [9.17, 15) is 13.6 Å². The highest BCUT2D eigenvalue weighted by Gasteiger charge is 2.17. The minimum absolute atomic E-state index is 0.283. The molecule has 23 heavy (non-hydrogen) atoms. The normalized spacial score (nSPS) is 11.1. The molecule has 0 saturated heterocycles. The molecule has 3 aromatic rings. The van der Waals surface area contributed by atoms with Crippen LogP contribution in [0.25, 0.3) is 5.65 Å². The zero-order valence-corrected chi connectivity index (χ0v) is 12.8. The first-order valence-electron chi connectivity index (χ1n) is 6.71. The summed E-state index contributed by atoms with van der Waals surface area (Å²) < 4.78 is 26.7. The second kappa shape index (κ2) is 6.33. The Morgan fingerprint density at radius 1 is 1.30 bits per heavy atom. The molecular formula is C15H12F2N4OS. The Morgan fingerprint density at radius 3 is 2.87 bits per heavy atom. The van der Waals surface area contributed by atoms with Crippen molar-refractivity contribution >= 4 is 29.0 Å². The standard InChI is InChI=1S/C15H12F2N4OS/c1-9-6-7-21-13(19-9)10(8-18-21)14(22)20-11-4-2-3-5-12(11)23-15(16)17/h2-8,15H,1H3,(H,20,22). The number of carbonyl (C=O) groups excluding carboxylic acids is 1. The van der Waals surface area contributed by atoms with Gasteiger partial charge in [0.2, 0.25) is 0 Å². The van der Waals surface area contributed by atoms with Crippen molar-refractivity contribution in [2.24, 2.45) is 0 Å². The second-order valence-electron chi connectivity index (χ2n) is 4.72. The number of carbonyl (C=O) groups is 1. The molecule has 0 atom stereocenters. The highest BCUT2D eigenvalue weighted by molar-refractivity contribution is 7.99. The number of nitrogens with zero attached hydrogens (tertiary/aromatic N) is 3. The molecule has 5 nitrogen and oxygen atoms in total. The number of thioether (sulfide) groups is 1. The average molecular weight is 334 g/mol. The van der Waals surface area contributed by atoms with Crippen LogP contribution >= 0.6 is 11.8 Å². The fraction of sp³-hybridized carbons (Fsp3) is 0.133. The molecule has 0 unspecified atom stereocenters. The summed E-state index contributed by atoms with van der Waals surface area (Å²) in [5.74, 6) is -3.00. The number of nitrogens with one attached hydrogen (secondary N) is 1. The largest absolute Gasteiger partial charge is 0.321 e. The molecule has 1 amide bonds. The number of aryl methyl sites for hydroxylation is 1. The predicted octanol–water partition coefficient (Wildman–Crippen LogP) is 3.60. The van der Waals surface area contributed by atoms with Crippen molar-refractivity contribution in [1.29, 1.82) is 0 Å². The fourth-order valence-corrected chi connectivity index (χ4v) is 2.67. The summed E-state index contributed by atoms with van der Waals surface area (Å²) in [4.78, 5) is 17.0. The first kappa shape index (κ1) is 15.4. The molecular weight excluding hydrogens is 322 g/mol. The topological polar surface area (TPSA) is 59.3 Å². The lowest BCUT2D eigenvalue weighted by molar-refractivity contribution is 0.102. The third-order valence-electron chi connectivity index (χ3n) is 3.10. The van der Waals surface area contributed by atoms with E-state index in [1.54, 1.807) is 30.5 Å². The summed E-state index contributed by atoms with van der Waals surface area (Å²) in [6, 6.07) is 8.19. The second-order valence-corrected chi connectivity index (χ2v) is 5.76. The van der Waals surface area contributed by atoms with Crippen LogP contribution < -0.4 is 5.32 Å². The van der Waals surface area contributed by atoms with Crippen LogP contribution in [0.1, 0.15) is 16.1 Å². The fourth-order valence-electron chi connectivity index (χ4n) is 2.08. The first-order chi connectivity index (χ1) is 11.0. The van der Waals surface area contributed by atoms with E-state index in [1.807, 2.05) is 6.92 Å². The zero-order chi connectivity index (χ0) is 16.4. The van der Waals surface area contributed by atoms with Gasteiger partial charge in [-0.05, 0) is 25.1 Å². The van der Waals surface area contributed by atoms with E-state index in [0.29, 0.717) is 28.0 Å². The maximum absolute atomic E-state index is 12.6. The predicted molar refractivity (Wildman–Crippen MR) is 84.0 cm³/mol. The van der Waals surface area contributed by atoms with Crippen molar-refractivity contribution in [2.75, 3.05) is 5.32 Å². The van der Waals surface area contributed by atoms with Crippen molar-refractivity contribution < 1.29 is 13.6 Å². The minimum atomic E-state index is -2.56. The smallest absolute Gasteiger partial charge is 0.288 e. The van der Waals surface area contributed by atoms with Gasteiger partial charge in [-0.15, -0.1) is 0 Å². The van der Waals surface area contributed by atoms with Gasteiger partial charge >= 0.3 is 0 Å². The van der Waals surface area contributed by atoms with E-state index in [0.717, 1.165) is 5.69 Å². The lowest BCUT2D eigenvalue weighted by Gasteiger charge is -2.09. The van der Waals surface area contributed by atoms with E-state index in [4.69, 9.17) is 0 Å². The van der Waals surface area contributed by atoms with Crippen LogP contribution in [0, 0.1) is 6.92 Å². The van der Waals surface area contributed by atoms with Gasteiger partial charge in [0.05, 0.1) is 11.9 Å². The van der Waals surface area contributed by atoms with E-state index >= 15 is 0 Å². The number of alkyl halides is 2. The van der Waals surface area contributed by atoms with Crippen LogP contribution in [0.4, 0.5) is 14.5 Å². The van der Waals surface area contributed by atoms with Crippen LogP contribution in [-0.2, 0) is 0 Å². The summed E-state index contributed by atoms with van der Waals surface area (Å²) in [7, 11) is 0. The highest BCUT2D eigenvalue weighted by atomic mass is 32.2. The van der Waals surface area contributed by atoms with Gasteiger partial charge in [-0.1, -0.05) is 23.9 Å². The van der Waals surface area contributed by atoms with Gasteiger partial charge in [0.25, 0.3) is 11.7 Å². The van der Waals surface area contributed by atoms with Crippen LogP contribution in [0.5, 0.6) is 0 Å². The molecule has 0 radical (unpaired) electrons. The van der Waals surface area contributed by atoms with Crippen molar-refractivity contribution in [2.45, 2.75) is 17.6 Å². The van der Waals surface area contributed by atoms with E-state index < -0.39 is 11.7 Å². The third kappa shape index (κ3) is 3.31. The van der Waals surface area contributed by atoms with Gasteiger partial charge in [0, 0.05) is 16.8 Å². The van der Waals surface area contributed by atoms with Gasteiger partial charge < -0.3 is 5.32 Å². The lowest BCUT2D eigenvalue weighted by atomic mass is 10.2. The van der Waals surface area contributed by atoms with Gasteiger partial charge in [-0.2, -0.15) is 13.9 Å². The molecule has 0 aliphatic rings. The third-order valence-corrected chi connectivity index (χ3v) is 3.89. The van der Waals surface area contributed by atoms with Crippen LogP contribution in [0.2, 0.25) is 0 Å². The Bertz CT molecular complexity index is 866. The van der Waals surface area contributed by atoms with Crippen molar-refractivity contribution in [3.8, 4) is 0 Å². The van der Waals surface area contributed by atoms with Crippen molar-refractivity contribution in [3.05, 3.63) is 54.0 Å². The van der Waals surface area contributed by atoms with Crippen LogP contribution in [-0.4, -0.2) is 26.3 Å². The maximum Gasteiger partial charge on any atom is 0.288 e. The maximum atomic E-state index is 12.6. The number of benzene rings is 1.